The molecule has 0 unspecified atom stereocenters. The third kappa shape index (κ3) is 3.02. The van der Waals surface area contributed by atoms with E-state index in [9.17, 15) is 0 Å². The molecule has 0 aliphatic carbocycles. The van der Waals surface area contributed by atoms with Crippen LogP contribution in [0.3, 0.4) is 0 Å². The van der Waals surface area contributed by atoms with E-state index < -0.39 is 0 Å². The van der Waals surface area contributed by atoms with Gasteiger partial charge in [-0.3, -0.25) is 0 Å². The summed E-state index contributed by atoms with van der Waals surface area (Å²) < 4.78 is 12.5. The summed E-state index contributed by atoms with van der Waals surface area (Å²) in [5.74, 6) is 1.76. The van der Waals surface area contributed by atoms with Gasteiger partial charge in [-0.1, -0.05) is 72.8 Å². The van der Waals surface area contributed by atoms with Gasteiger partial charge < -0.3 is 9.47 Å². The van der Waals surface area contributed by atoms with Crippen LogP contribution in [-0.2, 0) is 0 Å². The highest BCUT2D eigenvalue weighted by Crippen LogP contribution is 2.49. The highest BCUT2D eigenvalue weighted by molar-refractivity contribution is 6.11. The summed E-state index contributed by atoms with van der Waals surface area (Å²) in [6, 6.07) is 31.5. The zero-order chi connectivity index (χ0) is 21.5. The second-order valence-electron chi connectivity index (χ2n) is 8.15. The van der Waals surface area contributed by atoms with E-state index in [1.54, 1.807) is 0 Å². The molecule has 6 rings (SSSR count). The molecule has 4 heteroatoms. The average molecular weight is 421 g/mol. The normalized spacial score (nSPS) is 19.2. The molecule has 2 atom stereocenters. The minimum atomic E-state index is -0.342. The molecule has 32 heavy (non-hydrogen) atoms. The number of para-hydroxylation sites is 2. The van der Waals surface area contributed by atoms with Crippen molar-refractivity contribution in [3.8, 4) is 11.5 Å². The van der Waals surface area contributed by atoms with Crippen molar-refractivity contribution in [1.82, 2.24) is 5.01 Å². The average Bonchev–Trinajstić information content (AvgIpc) is 3.29. The molecule has 0 saturated heterocycles. The van der Waals surface area contributed by atoms with E-state index in [4.69, 9.17) is 14.6 Å². The quantitative estimate of drug-likeness (QED) is 0.379. The predicted molar refractivity (Wildman–Crippen MR) is 127 cm³/mol. The standard InChI is InChI=1S/C28H24N2O2/c1-2-31-26-16-7-6-14-23(26)28-30-25(22-13-5-8-17-27(22)32-28)18-24(29-30)21-15-9-11-19-10-3-4-12-20(19)21/h3-17,25,28H,2,18H2,1H3/t25-,28+/m0/s1. The van der Waals surface area contributed by atoms with Crippen molar-refractivity contribution in [1.29, 1.82) is 0 Å². The smallest absolute Gasteiger partial charge is 0.217 e. The Morgan fingerprint density at radius 1 is 0.875 bits per heavy atom. The van der Waals surface area contributed by atoms with E-state index in [1.165, 1.54) is 21.9 Å². The number of ether oxygens (including phenoxy) is 2. The van der Waals surface area contributed by atoms with E-state index in [-0.39, 0.29) is 12.3 Å². The maximum atomic E-state index is 6.53. The molecule has 158 valence electrons. The van der Waals surface area contributed by atoms with Crippen molar-refractivity contribution < 1.29 is 9.47 Å². The molecule has 0 radical (unpaired) electrons. The van der Waals surface area contributed by atoms with Crippen molar-refractivity contribution in [2.24, 2.45) is 5.10 Å². The molecular weight excluding hydrogens is 396 g/mol. The van der Waals surface area contributed by atoms with Crippen LogP contribution in [0.2, 0.25) is 0 Å². The molecule has 0 N–H and O–H groups in total. The molecular formula is C28H24N2O2. The van der Waals surface area contributed by atoms with Gasteiger partial charge in [0, 0.05) is 17.5 Å². The molecule has 4 aromatic rings. The fourth-order valence-corrected chi connectivity index (χ4v) is 4.85. The van der Waals surface area contributed by atoms with Gasteiger partial charge >= 0.3 is 0 Å². The molecule has 2 heterocycles. The molecule has 0 amide bonds. The monoisotopic (exact) mass is 420 g/mol. The number of benzene rings is 4. The Hall–Kier alpha value is -3.79. The highest BCUT2D eigenvalue weighted by Gasteiger charge is 2.42. The number of hydrogen-bond acceptors (Lipinski definition) is 4. The summed E-state index contributed by atoms with van der Waals surface area (Å²) in [5.41, 5.74) is 4.45. The molecule has 0 aromatic heterocycles. The van der Waals surface area contributed by atoms with Crippen LogP contribution in [0.4, 0.5) is 0 Å². The molecule has 4 nitrogen and oxygen atoms in total. The van der Waals surface area contributed by atoms with Crippen LogP contribution in [0.15, 0.2) is 96.1 Å². The number of hydrazone groups is 1. The first kappa shape index (κ1) is 18.9. The Kier molecular flexibility index (Phi) is 4.57. The number of fused-ring (bicyclic) bond motifs is 4. The maximum Gasteiger partial charge on any atom is 0.217 e. The van der Waals surface area contributed by atoms with Crippen LogP contribution in [0.5, 0.6) is 11.5 Å². The Balaban J connectivity index is 1.49. The van der Waals surface area contributed by atoms with E-state index >= 15 is 0 Å². The SMILES string of the molecule is CCOc1ccccc1[C@H]1Oc2ccccc2[C@@H]2CC(c3cccc4ccccc34)=NN12. The van der Waals surface area contributed by atoms with Gasteiger partial charge in [0.2, 0.25) is 6.23 Å². The molecule has 0 fully saturated rings. The van der Waals surface area contributed by atoms with Gasteiger partial charge in [-0.2, -0.15) is 5.10 Å². The van der Waals surface area contributed by atoms with Gasteiger partial charge in [-0.25, -0.2) is 5.01 Å². The first-order valence-corrected chi connectivity index (χ1v) is 11.1. The molecule has 0 bridgehead atoms. The van der Waals surface area contributed by atoms with Gasteiger partial charge in [0.05, 0.1) is 23.9 Å². The van der Waals surface area contributed by atoms with E-state index in [0.29, 0.717) is 6.61 Å². The summed E-state index contributed by atoms with van der Waals surface area (Å²) in [7, 11) is 0. The minimum Gasteiger partial charge on any atom is -0.493 e. The third-order valence-electron chi connectivity index (χ3n) is 6.28. The maximum absolute atomic E-state index is 6.53. The lowest BCUT2D eigenvalue weighted by molar-refractivity contribution is -0.0205. The zero-order valence-corrected chi connectivity index (χ0v) is 17.9. The number of rotatable bonds is 4. The molecule has 4 aromatic carbocycles. The van der Waals surface area contributed by atoms with Gasteiger partial charge in [-0.15, -0.1) is 0 Å². The summed E-state index contributed by atoms with van der Waals surface area (Å²) in [6.45, 7) is 2.61. The highest BCUT2D eigenvalue weighted by atomic mass is 16.5. The van der Waals surface area contributed by atoms with Crippen molar-refractivity contribution in [3.63, 3.8) is 0 Å². The van der Waals surface area contributed by atoms with Crippen LogP contribution in [0.25, 0.3) is 10.8 Å². The largest absolute Gasteiger partial charge is 0.493 e. The lowest BCUT2D eigenvalue weighted by Gasteiger charge is -2.38. The lowest BCUT2D eigenvalue weighted by Crippen LogP contribution is -2.34. The van der Waals surface area contributed by atoms with Crippen molar-refractivity contribution in [2.45, 2.75) is 25.6 Å². The van der Waals surface area contributed by atoms with Gasteiger partial charge in [0.15, 0.2) is 0 Å². The van der Waals surface area contributed by atoms with Crippen LogP contribution < -0.4 is 9.47 Å². The third-order valence-corrected chi connectivity index (χ3v) is 6.28. The summed E-state index contributed by atoms with van der Waals surface area (Å²) in [6.07, 6.45) is 0.493. The first-order chi connectivity index (χ1) is 15.8. The minimum absolute atomic E-state index is 0.119. The van der Waals surface area contributed by atoms with E-state index in [2.05, 4.69) is 71.7 Å². The molecule has 2 aliphatic heterocycles. The molecule has 0 saturated carbocycles. The Labute approximate surface area is 187 Å². The summed E-state index contributed by atoms with van der Waals surface area (Å²) >= 11 is 0. The van der Waals surface area contributed by atoms with Crippen LogP contribution in [0, 0.1) is 0 Å². The predicted octanol–water partition coefficient (Wildman–Crippen LogP) is 6.48. The lowest BCUT2D eigenvalue weighted by atomic mass is 9.93. The van der Waals surface area contributed by atoms with Crippen molar-refractivity contribution >= 4 is 16.5 Å². The van der Waals surface area contributed by atoms with Crippen LogP contribution in [0.1, 0.15) is 42.3 Å². The summed E-state index contributed by atoms with van der Waals surface area (Å²) in [4.78, 5) is 0. The molecule has 0 spiro atoms. The molecule has 2 aliphatic rings. The van der Waals surface area contributed by atoms with E-state index in [0.717, 1.165) is 29.2 Å². The second-order valence-corrected chi connectivity index (χ2v) is 8.15. The van der Waals surface area contributed by atoms with Crippen LogP contribution in [-0.4, -0.2) is 17.3 Å². The second kappa shape index (κ2) is 7.72. The van der Waals surface area contributed by atoms with Gasteiger partial charge in [0.25, 0.3) is 0 Å². The Bertz CT molecular complexity index is 1320. The fourth-order valence-electron chi connectivity index (χ4n) is 4.85. The van der Waals surface area contributed by atoms with Crippen molar-refractivity contribution in [3.05, 3.63) is 108 Å². The van der Waals surface area contributed by atoms with Crippen LogP contribution >= 0.6 is 0 Å². The number of hydrogen-bond donors (Lipinski definition) is 0. The van der Waals surface area contributed by atoms with Gasteiger partial charge in [-0.05, 0) is 35.9 Å². The topological polar surface area (TPSA) is 34.1 Å². The number of nitrogens with zero attached hydrogens (tertiary/aromatic N) is 2. The Morgan fingerprint density at radius 2 is 1.62 bits per heavy atom. The Morgan fingerprint density at radius 3 is 2.53 bits per heavy atom. The van der Waals surface area contributed by atoms with Gasteiger partial charge in [0.1, 0.15) is 11.5 Å². The van der Waals surface area contributed by atoms with E-state index in [1.807, 2.05) is 31.2 Å². The first-order valence-electron chi connectivity index (χ1n) is 11.1. The van der Waals surface area contributed by atoms with Crippen molar-refractivity contribution in [2.75, 3.05) is 6.61 Å². The summed E-state index contributed by atoms with van der Waals surface area (Å²) in [5, 5.41) is 9.74. The fraction of sp³-hybridized carbons (Fsp3) is 0.179. The zero-order valence-electron chi connectivity index (χ0n) is 17.9.